The number of nitrogens with zero attached hydrogens (tertiary/aromatic N) is 2. The van der Waals surface area contributed by atoms with Gasteiger partial charge in [0.2, 0.25) is 0 Å². The molecule has 2 aromatic rings. The van der Waals surface area contributed by atoms with Crippen molar-refractivity contribution in [1.29, 1.82) is 0 Å². The SMILES string of the molecule is COc1cccc(O[C@H](C)C(=O)N2CCN(c3ccccc3OC)CC2)c1. The summed E-state index contributed by atoms with van der Waals surface area (Å²) in [7, 11) is 3.28. The van der Waals surface area contributed by atoms with Gasteiger partial charge in [-0.25, -0.2) is 0 Å². The molecule has 1 aliphatic rings. The summed E-state index contributed by atoms with van der Waals surface area (Å²) < 4.78 is 16.5. The number of carbonyl (C=O) groups excluding carboxylic acids is 1. The fourth-order valence-corrected chi connectivity index (χ4v) is 3.24. The van der Waals surface area contributed by atoms with Gasteiger partial charge in [-0.05, 0) is 31.2 Å². The maximum Gasteiger partial charge on any atom is 0.263 e. The molecule has 1 atom stereocenters. The Balaban J connectivity index is 1.57. The fourth-order valence-electron chi connectivity index (χ4n) is 3.24. The van der Waals surface area contributed by atoms with E-state index in [9.17, 15) is 4.79 Å². The molecule has 1 fully saturated rings. The topological polar surface area (TPSA) is 51.2 Å². The lowest BCUT2D eigenvalue weighted by atomic mass is 10.2. The molecule has 0 aromatic heterocycles. The minimum Gasteiger partial charge on any atom is -0.497 e. The summed E-state index contributed by atoms with van der Waals surface area (Å²) in [6.45, 7) is 4.62. The highest BCUT2D eigenvalue weighted by Gasteiger charge is 2.27. The van der Waals surface area contributed by atoms with Crippen LogP contribution in [0, 0.1) is 0 Å². The second kappa shape index (κ2) is 8.66. The van der Waals surface area contributed by atoms with Gasteiger partial charge in [0, 0.05) is 32.2 Å². The molecule has 27 heavy (non-hydrogen) atoms. The van der Waals surface area contributed by atoms with Crippen LogP contribution in [0.25, 0.3) is 0 Å². The number of hydrogen-bond donors (Lipinski definition) is 0. The first-order valence-corrected chi connectivity index (χ1v) is 9.10. The zero-order valence-electron chi connectivity index (χ0n) is 16.1. The molecule has 0 spiro atoms. The van der Waals surface area contributed by atoms with Gasteiger partial charge in [0.15, 0.2) is 6.10 Å². The third-order valence-electron chi connectivity index (χ3n) is 4.72. The molecule has 144 valence electrons. The van der Waals surface area contributed by atoms with Crippen LogP contribution in [0.15, 0.2) is 48.5 Å². The van der Waals surface area contributed by atoms with Crippen molar-refractivity contribution in [3.8, 4) is 17.2 Å². The first-order valence-electron chi connectivity index (χ1n) is 9.10. The summed E-state index contributed by atoms with van der Waals surface area (Å²) in [5, 5.41) is 0. The fraction of sp³-hybridized carbons (Fsp3) is 0.381. The number of anilines is 1. The van der Waals surface area contributed by atoms with E-state index in [2.05, 4.69) is 4.90 Å². The van der Waals surface area contributed by atoms with Crippen LogP contribution < -0.4 is 19.1 Å². The van der Waals surface area contributed by atoms with Crippen LogP contribution in [0.4, 0.5) is 5.69 Å². The Morgan fingerprint density at radius 3 is 2.33 bits per heavy atom. The molecule has 0 radical (unpaired) electrons. The van der Waals surface area contributed by atoms with Crippen LogP contribution >= 0.6 is 0 Å². The van der Waals surface area contributed by atoms with Gasteiger partial charge in [0.1, 0.15) is 17.2 Å². The molecule has 1 saturated heterocycles. The van der Waals surface area contributed by atoms with Crippen LogP contribution in [-0.4, -0.2) is 57.3 Å². The average Bonchev–Trinajstić information content (AvgIpc) is 2.73. The zero-order valence-corrected chi connectivity index (χ0v) is 16.1. The number of methoxy groups -OCH3 is 2. The van der Waals surface area contributed by atoms with Gasteiger partial charge in [-0.2, -0.15) is 0 Å². The molecule has 0 saturated carbocycles. The third kappa shape index (κ3) is 4.45. The number of hydrogen-bond acceptors (Lipinski definition) is 5. The molecule has 6 nitrogen and oxygen atoms in total. The number of piperazine rings is 1. The molecule has 1 heterocycles. The number of para-hydroxylation sites is 2. The van der Waals surface area contributed by atoms with Gasteiger partial charge in [0.05, 0.1) is 19.9 Å². The van der Waals surface area contributed by atoms with Crippen molar-refractivity contribution >= 4 is 11.6 Å². The van der Waals surface area contributed by atoms with E-state index >= 15 is 0 Å². The number of benzene rings is 2. The highest BCUT2D eigenvalue weighted by atomic mass is 16.5. The van der Waals surface area contributed by atoms with Gasteiger partial charge in [-0.3, -0.25) is 4.79 Å². The molecular formula is C21H26N2O4. The molecule has 1 aliphatic heterocycles. The van der Waals surface area contributed by atoms with Crippen LogP contribution in [0.2, 0.25) is 0 Å². The first kappa shape index (κ1) is 18.9. The van der Waals surface area contributed by atoms with E-state index in [-0.39, 0.29) is 5.91 Å². The number of amides is 1. The van der Waals surface area contributed by atoms with Crippen molar-refractivity contribution in [2.75, 3.05) is 45.3 Å². The minimum atomic E-state index is -0.546. The van der Waals surface area contributed by atoms with Crippen molar-refractivity contribution in [3.05, 3.63) is 48.5 Å². The maximum absolute atomic E-state index is 12.7. The standard InChI is InChI=1S/C21H26N2O4/c1-16(27-18-8-6-7-17(15-18)25-2)21(24)23-13-11-22(12-14-23)19-9-4-5-10-20(19)26-3/h4-10,15-16H,11-14H2,1-3H3/t16-/m1/s1. The minimum absolute atomic E-state index is 0.00232. The Morgan fingerprint density at radius 1 is 0.926 bits per heavy atom. The van der Waals surface area contributed by atoms with Crippen LogP contribution in [-0.2, 0) is 4.79 Å². The van der Waals surface area contributed by atoms with Gasteiger partial charge >= 0.3 is 0 Å². The molecule has 0 unspecified atom stereocenters. The monoisotopic (exact) mass is 370 g/mol. The number of rotatable bonds is 6. The van der Waals surface area contributed by atoms with E-state index in [1.165, 1.54) is 0 Å². The Morgan fingerprint density at radius 2 is 1.63 bits per heavy atom. The molecule has 3 rings (SSSR count). The Kier molecular flexibility index (Phi) is 6.06. The first-order chi connectivity index (χ1) is 13.1. The van der Waals surface area contributed by atoms with Crippen LogP contribution in [0.3, 0.4) is 0 Å². The third-order valence-corrected chi connectivity index (χ3v) is 4.72. The second-order valence-corrected chi connectivity index (χ2v) is 6.42. The van der Waals surface area contributed by atoms with Gasteiger partial charge in [-0.15, -0.1) is 0 Å². The second-order valence-electron chi connectivity index (χ2n) is 6.42. The predicted molar refractivity (Wildman–Crippen MR) is 105 cm³/mol. The van der Waals surface area contributed by atoms with Crippen molar-refractivity contribution in [2.24, 2.45) is 0 Å². The lowest BCUT2D eigenvalue weighted by molar-refractivity contribution is -0.138. The van der Waals surface area contributed by atoms with Gasteiger partial charge in [-0.1, -0.05) is 18.2 Å². The summed E-state index contributed by atoms with van der Waals surface area (Å²) in [5.74, 6) is 2.19. The molecule has 1 amide bonds. The highest BCUT2D eigenvalue weighted by Crippen LogP contribution is 2.28. The summed E-state index contributed by atoms with van der Waals surface area (Å²) in [5.41, 5.74) is 1.06. The van der Waals surface area contributed by atoms with E-state index in [0.717, 1.165) is 24.5 Å². The Hall–Kier alpha value is -2.89. The Bertz CT molecular complexity index is 772. The highest BCUT2D eigenvalue weighted by molar-refractivity contribution is 5.81. The van der Waals surface area contributed by atoms with E-state index in [4.69, 9.17) is 14.2 Å². The number of carbonyl (C=O) groups is 1. The molecule has 6 heteroatoms. The van der Waals surface area contributed by atoms with Gasteiger partial charge in [0.25, 0.3) is 5.91 Å². The summed E-state index contributed by atoms with van der Waals surface area (Å²) in [6.07, 6.45) is -0.546. The van der Waals surface area contributed by atoms with Crippen molar-refractivity contribution in [1.82, 2.24) is 4.90 Å². The van der Waals surface area contributed by atoms with E-state index in [1.807, 2.05) is 47.4 Å². The van der Waals surface area contributed by atoms with E-state index in [1.54, 1.807) is 27.2 Å². The smallest absolute Gasteiger partial charge is 0.263 e. The van der Waals surface area contributed by atoms with Gasteiger partial charge < -0.3 is 24.0 Å². The molecule has 0 N–H and O–H groups in total. The maximum atomic E-state index is 12.7. The molecule has 0 bridgehead atoms. The lowest BCUT2D eigenvalue weighted by Gasteiger charge is -2.37. The lowest BCUT2D eigenvalue weighted by Crippen LogP contribution is -2.52. The molecule has 2 aromatic carbocycles. The molecular weight excluding hydrogens is 344 g/mol. The quantitative estimate of drug-likeness (QED) is 0.783. The average molecular weight is 370 g/mol. The summed E-state index contributed by atoms with van der Waals surface area (Å²) in [6, 6.07) is 15.3. The largest absolute Gasteiger partial charge is 0.497 e. The van der Waals surface area contributed by atoms with Crippen molar-refractivity contribution in [3.63, 3.8) is 0 Å². The van der Waals surface area contributed by atoms with Crippen LogP contribution in [0.5, 0.6) is 17.2 Å². The van der Waals surface area contributed by atoms with Crippen LogP contribution in [0.1, 0.15) is 6.92 Å². The normalized spacial score (nSPS) is 15.2. The van der Waals surface area contributed by atoms with E-state index < -0.39 is 6.10 Å². The zero-order chi connectivity index (χ0) is 19.2. The van der Waals surface area contributed by atoms with Crippen molar-refractivity contribution < 1.29 is 19.0 Å². The summed E-state index contributed by atoms with van der Waals surface area (Å²) >= 11 is 0. The summed E-state index contributed by atoms with van der Waals surface area (Å²) in [4.78, 5) is 16.9. The predicted octanol–water partition coefficient (Wildman–Crippen LogP) is 2.82. The Labute approximate surface area is 160 Å². The number of ether oxygens (including phenoxy) is 3. The van der Waals surface area contributed by atoms with E-state index in [0.29, 0.717) is 24.6 Å². The van der Waals surface area contributed by atoms with Crippen molar-refractivity contribution in [2.45, 2.75) is 13.0 Å². The molecule has 0 aliphatic carbocycles.